The molecule has 0 saturated heterocycles. The predicted molar refractivity (Wildman–Crippen MR) is 88.3 cm³/mol. The summed E-state index contributed by atoms with van der Waals surface area (Å²) in [5.74, 6) is 1.57. The van der Waals surface area contributed by atoms with Gasteiger partial charge in [-0.1, -0.05) is 52.4 Å². The second-order valence-corrected chi connectivity index (χ2v) is 5.78. The van der Waals surface area contributed by atoms with Crippen molar-refractivity contribution in [1.82, 2.24) is 0 Å². The Balaban J connectivity index is 0.000000321. The van der Waals surface area contributed by atoms with Crippen LogP contribution in [-0.4, -0.2) is 4.26 Å². The van der Waals surface area contributed by atoms with Crippen LogP contribution in [0.5, 0.6) is 0 Å². The van der Waals surface area contributed by atoms with Gasteiger partial charge in [-0.25, -0.2) is 12.1 Å². The van der Waals surface area contributed by atoms with Crippen molar-refractivity contribution in [2.24, 2.45) is 11.8 Å². The van der Waals surface area contributed by atoms with Crippen LogP contribution in [0.1, 0.15) is 38.8 Å². The van der Waals surface area contributed by atoms with Crippen molar-refractivity contribution in [2.75, 3.05) is 0 Å². The van der Waals surface area contributed by atoms with Crippen molar-refractivity contribution in [3.63, 3.8) is 0 Å². The summed E-state index contributed by atoms with van der Waals surface area (Å²) in [6.45, 7) is 8.97. The van der Waals surface area contributed by atoms with Crippen molar-refractivity contribution in [3.05, 3.63) is 59.7 Å². The van der Waals surface area contributed by atoms with Crippen molar-refractivity contribution >= 4 is 4.26 Å². The van der Waals surface area contributed by atoms with Crippen LogP contribution in [0.4, 0.5) is 0 Å². The van der Waals surface area contributed by atoms with Gasteiger partial charge in [0.05, 0.1) is 0 Å². The van der Waals surface area contributed by atoms with Crippen LogP contribution in [0.25, 0.3) is 0 Å². The molecule has 2 aromatic carbocycles. The van der Waals surface area contributed by atoms with Gasteiger partial charge in [-0.3, -0.25) is 0 Å². The Kier molecular flexibility index (Phi) is 11.9. The van der Waals surface area contributed by atoms with Crippen molar-refractivity contribution in [3.8, 4) is 0 Å². The summed E-state index contributed by atoms with van der Waals surface area (Å²) in [6, 6.07) is 17.1. The van der Waals surface area contributed by atoms with Gasteiger partial charge in [0.2, 0.25) is 0 Å². The molecule has 0 saturated carbocycles. The predicted octanol–water partition coefficient (Wildman–Crippen LogP) is 5.17. The SMILES string of the molecule is CC(C)Cc1cc[cH-]c1.CC(C)Cc1cc[cH-]c1.[CH2]=[Hf+2]. The molecule has 108 valence electrons. The van der Waals surface area contributed by atoms with Gasteiger partial charge in [-0.2, -0.15) is 47.5 Å². The standard InChI is InChI=1S/2C9H13.CH2.Hf/c2*1-8(2)7-9-5-3-4-6-9;;/h2*3-6,8H,7H2,1-2H3;1H2;/q2*-1;;+2. The van der Waals surface area contributed by atoms with Gasteiger partial charge < -0.3 is 0 Å². The van der Waals surface area contributed by atoms with E-state index in [0.29, 0.717) is 0 Å². The van der Waals surface area contributed by atoms with Gasteiger partial charge in [-0.05, 0) is 0 Å². The molecule has 0 bridgehead atoms. The quantitative estimate of drug-likeness (QED) is 0.460. The Morgan fingerprint density at radius 1 is 0.850 bits per heavy atom. The molecule has 0 aliphatic rings. The van der Waals surface area contributed by atoms with Crippen LogP contribution >= 0.6 is 0 Å². The number of hydrogen-bond acceptors (Lipinski definition) is 0. The summed E-state index contributed by atoms with van der Waals surface area (Å²) >= 11 is 1.06. The van der Waals surface area contributed by atoms with Crippen LogP contribution in [0.3, 0.4) is 0 Å². The summed E-state index contributed by atoms with van der Waals surface area (Å²) < 4.78 is 3.39. The molecule has 0 spiro atoms. The van der Waals surface area contributed by atoms with Gasteiger partial charge >= 0.3 is 28.2 Å². The zero-order valence-corrected chi connectivity index (χ0v) is 17.0. The molecular formula is C19H28Hf. The van der Waals surface area contributed by atoms with Crippen LogP contribution in [0.15, 0.2) is 48.5 Å². The van der Waals surface area contributed by atoms with E-state index in [2.05, 4.69) is 80.5 Å². The fourth-order valence-corrected chi connectivity index (χ4v) is 2.04. The van der Waals surface area contributed by atoms with Crippen LogP contribution in [-0.2, 0) is 36.7 Å². The molecule has 20 heavy (non-hydrogen) atoms. The van der Waals surface area contributed by atoms with Gasteiger partial charge in [0.1, 0.15) is 0 Å². The number of hydrogen-bond donors (Lipinski definition) is 0. The van der Waals surface area contributed by atoms with Crippen molar-refractivity contribution in [1.29, 1.82) is 0 Å². The van der Waals surface area contributed by atoms with E-state index >= 15 is 0 Å². The van der Waals surface area contributed by atoms with E-state index < -0.39 is 0 Å². The first-order valence-corrected chi connectivity index (χ1v) is 9.88. The molecule has 2 rings (SSSR count). The summed E-state index contributed by atoms with van der Waals surface area (Å²) in [4.78, 5) is 0. The first-order valence-electron chi connectivity index (χ1n) is 7.34. The molecule has 0 amide bonds. The van der Waals surface area contributed by atoms with Gasteiger partial charge in [0, 0.05) is 0 Å². The Labute approximate surface area is 140 Å². The first-order chi connectivity index (χ1) is 9.58. The molecule has 0 aliphatic carbocycles. The topological polar surface area (TPSA) is 0 Å². The fraction of sp³-hybridized carbons (Fsp3) is 0.421. The molecule has 0 heterocycles. The molecule has 0 radical (unpaired) electrons. The van der Waals surface area contributed by atoms with E-state index in [1.165, 1.54) is 24.0 Å². The van der Waals surface area contributed by atoms with Crippen LogP contribution in [0.2, 0.25) is 0 Å². The molecule has 0 nitrogen and oxygen atoms in total. The summed E-state index contributed by atoms with van der Waals surface area (Å²) in [5.41, 5.74) is 2.93. The van der Waals surface area contributed by atoms with Crippen molar-refractivity contribution in [2.45, 2.75) is 40.5 Å². The van der Waals surface area contributed by atoms with E-state index in [4.69, 9.17) is 0 Å². The van der Waals surface area contributed by atoms with E-state index in [1.807, 2.05) is 0 Å². The average Bonchev–Trinajstić information content (AvgIpc) is 3.04. The third-order valence-electron chi connectivity index (χ3n) is 2.75. The van der Waals surface area contributed by atoms with E-state index in [9.17, 15) is 0 Å². The van der Waals surface area contributed by atoms with E-state index in [-0.39, 0.29) is 0 Å². The Morgan fingerprint density at radius 2 is 1.20 bits per heavy atom. The van der Waals surface area contributed by atoms with Crippen molar-refractivity contribution < 1.29 is 23.9 Å². The minimum absolute atomic E-state index is 0.785. The van der Waals surface area contributed by atoms with E-state index in [0.717, 1.165) is 35.7 Å². The minimum atomic E-state index is 0.785. The zero-order chi connectivity index (χ0) is 15.4. The molecule has 0 fully saturated rings. The van der Waals surface area contributed by atoms with E-state index in [1.54, 1.807) is 0 Å². The number of rotatable bonds is 4. The summed E-state index contributed by atoms with van der Waals surface area (Å²) in [5, 5.41) is 0. The molecule has 0 aromatic heterocycles. The Morgan fingerprint density at radius 3 is 1.40 bits per heavy atom. The Bertz CT molecular complexity index is 353. The Hall–Kier alpha value is -0.560. The average molecular weight is 435 g/mol. The molecule has 0 atom stereocenters. The van der Waals surface area contributed by atoms with Gasteiger partial charge in [0.15, 0.2) is 0 Å². The van der Waals surface area contributed by atoms with Gasteiger partial charge in [-0.15, -0.1) is 0 Å². The summed E-state index contributed by atoms with van der Waals surface area (Å²) in [7, 11) is 0. The van der Waals surface area contributed by atoms with Crippen LogP contribution < -0.4 is 0 Å². The molecule has 2 aromatic rings. The normalized spacial score (nSPS) is 9.80. The van der Waals surface area contributed by atoms with Crippen LogP contribution in [0, 0.1) is 11.8 Å². The third-order valence-corrected chi connectivity index (χ3v) is 2.75. The molecule has 0 N–H and O–H groups in total. The molecule has 0 aliphatic heterocycles. The first kappa shape index (κ1) is 19.4. The molecular weight excluding hydrogens is 407 g/mol. The second-order valence-electron chi connectivity index (χ2n) is 5.78. The zero-order valence-electron chi connectivity index (χ0n) is 13.4. The maximum atomic E-state index is 3.39. The fourth-order valence-electron chi connectivity index (χ4n) is 2.04. The molecule has 1 heteroatoms. The summed E-state index contributed by atoms with van der Waals surface area (Å²) in [6.07, 6.45) is 2.43. The maximum absolute atomic E-state index is 3.39. The second kappa shape index (κ2) is 12.2. The van der Waals surface area contributed by atoms with Gasteiger partial charge in [0.25, 0.3) is 0 Å². The monoisotopic (exact) mass is 436 g/mol. The third kappa shape index (κ3) is 10.3. The molecule has 0 unspecified atom stereocenters.